The lowest BCUT2D eigenvalue weighted by molar-refractivity contribution is -0.135. The van der Waals surface area contributed by atoms with Crippen molar-refractivity contribution in [1.29, 1.82) is 5.26 Å². The van der Waals surface area contributed by atoms with Crippen LogP contribution in [-0.2, 0) is 4.79 Å². The van der Waals surface area contributed by atoms with E-state index in [1.165, 1.54) is 0 Å². The predicted molar refractivity (Wildman–Crippen MR) is 91.2 cm³/mol. The number of carbonyl (C=O) groups excluding carboxylic acids is 1. The van der Waals surface area contributed by atoms with Crippen molar-refractivity contribution in [3.8, 4) is 6.07 Å². The standard InChI is InChI=1S/C17H22N6O/c1-11-5-7-23(17(24)12(2)8-18)9-14(11)22(3)16-13-4-6-19-15(13)20-10-21-16/h4,6,10-12,14H,5,7,9H2,1-3H3,(H,19,20,21)/t11-,12+,14-/m0/s1. The van der Waals surface area contributed by atoms with Crippen LogP contribution in [0.3, 0.4) is 0 Å². The van der Waals surface area contributed by atoms with E-state index in [0.29, 0.717) is 19.0 Å². The van der Waals surface area contributed by atoms with Crippen molar-refractivity contribution in [1.82, 2.24) is 19.9 Å². The van der Waals surface area contributed by atoms with E-state index in [2.05, 4.69) is 26.8 Å². The van der Waals surface area contributed by atoms with E-state index in [-0.39, 0.29) is 11.9 Å². The zero-order valence-electron chi connectivity index (χ0n) is 14.2. The van der Waals surface area contributed by atoms with Crippen molar-refractivity contribution in [2.75, 3.05) is 25.0 Å². The zero-order valence-corrected chi connectivity index (χ0v) is 14.2. The van der Waals surface area contributed by atoms with E-state index < -0.39 is 5.92 Å². The third kappa shape index (κ3) is 2.80. The maximum Gasteiger partial charge on any atom is 0.239 e. The fourth-order valence-electron chi connectivity index (χ4n) is 3.38. The average Bonchev–Trinajstić information content (AvgIpc) is 3.09. The number of likely N-dealkylation sites (N-methyl/N-ethyl adjacent to an activating group) is 1. The number of fused-ring (bicyclic) bond motifs is 1. The second kappa shape index (κ2) is 6.48. The van der Waals surface area contributed by atoms with Gasteiger partial charge in [0.25, 0.3) is 0 Å². The summed E-state index contributed by atoms with van der Waals surface area (Å²) in [5.41, 5.74) is 0.807. The minimum absolute atomic E-state index is 0.0859. The highest BCUT2D eigenvalue weighted by molar-refractivity contribution is 5.87. The van der Waals surface area contributed by atoms with Gasteiger partial charge in [-0.05, 0) is 25.3 Å². The molecule has 2 aromatic rings. The van der Waals surface area contributed by atoms with E-state index in [1.807, 2.05) is 30.3 Å². The van der Waals surface area contributed by atoms with Crippen molar-refractivity contribution in [3.05, 3.63) is 18.6 Å². The fourth-order valence-corrected chi connectivity index (χ4v) is 3.38. The molecule has 7 heteroatoms. The number of hydrogen-bond acceptors (Lipinski definition) is 5. The smallest absolute Gasteiger partial charge is 0.239 e. The number of piperidine rings is 1. The van der Waals surface area contributed by atoms with Crippen molar-refractivity contribution in [3.63, 3.8) is 0 Å². The molecule has 1 aliphatic heterocycles. The molecule has 0 aromatic carbocycles. The minimum Gasteiger partial charge on any atom is -0.354 e. The minimum atomic E-state index is -0.597. The maximum absolute atomic E-state index is 12.4. The van der Waals surface area contributed by atoms with Crippen LogP contribution in [0.1, 0.15) is 20.3 Å². The van der Waals surface area contributed by atoms with Crippen molar-refractivity contribution in [2.24, 2.45) is 11.8 Å². The Kier molecular flexibility index (Phi) is 4.38. The van der Waals surface area contributed by atoms with Crippen LogP contribution < -0.4 is 4.90 Å². The molecular weight excluding hydrogens is 304 g/mol. The molecule has 126 valence electrons. The number of likely N-dealkylation sites (tertiary alicyclic amines) is 1. The molecule has 2 aromatic heterocycles. The van der Waals surface area contributed by atoms with Crippen molar-refractivity contribution < 1.29 is 4.79 Å². The Bertz CT molecular complexity index is 779. The van der Waals surface area contributed by atoms with E-state index in [1.54, 1.807) is 13.3 Å². The number of carbonyl (C=O) groups is 1. The Labute approximate surface area is 141 Å². The fraction of sp³-hybridized carbons (Fsp3) is 0.529. The summed E-state index contributed by atoms with van der Waals surface area (Å²) in [7, 11) is 2.01. The van der Waals surface area contributed by atoms with Gasteiger partial charge in [0.2, 0.25) is 5.91 Å². The van der Waals surface area contributed by atoms with Crippen LogP contribution in [0.4, 0.5) is 5.82 Å². The first kappa shape index (κ1) is 16.2. The first-order valence-electron chi connectivity index (χ1n) is 8.22. The van der Waals surface area contributed by atoms with Gasteiger partial charge in [-0.3, -0.25) is 4.79 Å². The number of anilines is 1. The lowest BCUT2D eigenvalue weighted by Gasteiger charge is -2.42. The molecule has 24 heavy (non-hydrogen) atoms. The highest BCUT2D eigenvalue weighted by Crippen LogP contribution is 2.29. The third-order valence-electron chi connectivity index (χ3n) is 4.96. The summed E-state index contributed by atoms with van der Waals surface area (Å²) in [6.07, 6.45) is 4.32. The quantitative estimate of drug-likeness (QED) is 0.929. The highest BCUT2D eigenvalue weighted by atomic mass is 16.2. The largest absolute Gasteiger partial charge is 0.354 e. The van der Waals surface area contributed by atoms with Gasteiger partial charge in [0, 0.05) is 26.3 Å². The Balaban J connectivity index is 1.85. The Morgan fingerprint density at radius 1 is 1.54 bits per heavy atom. The molecule has 1 N–H and O–H groups in total. The molecule has 1 fully saturated rings. The van der Waals surface area contributed by atoms with Gasteiger partial charge in [0.1, 0.15) is 23.7 Å². The van der Waals surface area contributed by atoms with Gasteiger partial charge in [0.05, 0.1) is 17.5 Å². The van der Waals surface area contributed by atoms with Crippen molar-refractivity contribution >= 4 is 22.8 Å². The van der Waals surface area contributed by atoms with Gasteiger partial charge >= 0.3 is 0 Å². The number of rotatable bonds is 3. The number of nitrogens with one attached hydrogen (secondary N) is 1. The number of hydrogen-bond donors (Lipinski definition) is 1. The molecule has 0 radical (unpaired) electrons. The topological polar surface area (TPSA) is 88.9 Å². The Morgan fingerprint density at radius 2 is 2.33 bits per heavy atom. The molecular formula is C17H22N6O. The molecule has 3 heterocycles. The summed E-state index contributed by atoms with van der Waals surface area (Å²) in [6.45, 7) is 5.18. The highest BCUT2D eigenvalue weighted by Gasteiger charge is 2.34. The van der Waals surface area contributed by atoms with E-state index in [9.17, 15) is 4.79 Å². The third-order valence-corrected chi connectivity index (χ3v) is 4.96. The van der Waals surface area contributed by atoms with Crippen LogP contribution in [0.5, 0.6) is 0 Å². The second-order valence-electron chi connectivity index (χ2n) is 6.52. The van der Waals surface area contributed by atoms with Crippen LogP contribution in [0.15, 0.2) is 18.6 Å². The summed E-state index contributed by atoms with van der Waals surface area (Å²) in [5, 5.41) is 9.98. The molecule has 1 saturated heterocycles. The number of aromatic amines is 1. The molecule has 7 nitrogen and oxygen atoms in total. The second-order valence-corrected chi connectivity index (χ2v) is 6.52. The van der Waals surface area contributed by atoms with E-state index in [4.69, 9.17) is 5.26 Å². The first-order valence-corrected chi connectivity index (χ1v) is 8.22. The van der Waals surface area contributed by atoms with Gasteiger partial charge in [0.15, 0.2) is 0 Å². The molecule has 3 atom stereocenters. The van der Waals surface area contributed by atoms with Crippen molar-refractivity contribution in [2.45, 2.75) is 26.3 Å². The SMILES string of the molecule is C[C@H](C#N)C(=O)N1CC[C@H](C)[C@@H](N(C)c2ncnc3[nH]ccc23)C1. The van der Waals surface area contributed by atoms with Crippen LogP contribution in [0.25, 0.3) is 11.0 Å². The number of nitrogens with zero attached hydrogens (tertiary/aromatic N) is 5. The summed E-state index contributed by atoms with van der Waals surface area (Å²) >= 11 is 0. The zero-order chi connectivity index (χ0) is 17.3. The number of aromatic nitrogens is 3. The summed E-state index contributed by atoms with van der Waals surface area (Å²) in [5.74, 6) is 0.609. The van der Waals surface area contributed by atoms with E-state index >= 15 is 0 Å². The lowest BCUT2D eigenvalue weighted by atomic mass is 9.91. The van der Waals surface area contributed by atoms with Crippen LogP contribution >= 0.6 is 0 Å². The number of H-pyrrole nitrogens is 1. The van der Waals surface area contributed by atoms with Gasteiger partial charge in [-0.1, -0.05) is 6.92 Å². The molecule has 0 bridgehead atoms. The molecule has 0 saturated carbocycles. The number of nitriles is 1. The molecule has 0 aliphatic carbocycles. The molecule has 0 unspecified atom stereocenters. The molecule has 1 aliphatic rings. The van der Waals surface area contributed by atoms with Gasteiger partial charge in [-0.2, -0.15) is 5.26 Å². The van der Waals surface area contributed by atoms with E-state index in [0.717, 1.165) is 23.3 Å². The normalized spacial score (nSPS) is 22.2. The maximum atomic E-state index is 12.4. The average molecular weight is 326 g/mol. The lowest BCUT2D eigenvalue weighted by Crippen LogP contribution is -2.53. The van der Waals surface area contributed by atoms with Gasteiger partial charge in [-0.25, -0.2) is 9.97 Å². The van der Waals surface area contributed by atoms with Crippen LogP contribution in [0, 0.1) is 23.2 Å². The Morgan fingerprint density at radius 3 is 3.08 bits per heavy atom. The van der Waals surface area contributed by atoms with Crippen LogP contribution in [0.2, 0.25) is 0 Å². The number of amides is 1. The van der Waals surface area contributed by atoms with Gasteiger partial charge < -0.3 is 14.8 Å². The summed E-state index contributed by atoms with van der Waals surface area (Å²) in [4.78, 5) is 28.1. The van der Waals surface area contributed by atoms with Gasteiger partial charge in [-0.15, -0.1) is 0 Å². The molecule has 0 spiro atoms. The summed E-state index contributed by atoms with van der Waals surface area (Å²) < 4.78 is 0. The Hall–Kier alpha value is -2.62. The molecule has 3 rings (SSSR count). The first-order chi connectivity index (χ1) is 11.5. The summed E-state index contributed by atoms with van der Waals surface area (Å²) in [6, 6.07) is 4.16. The molecule has 1 amide bonds. The van der Waals surface area contributed by atoms with Crippen LogP contribution in [-0.4, -0.2) is 51.9 Å². The monoisotopic (exact) mass is 326 g/mol. The predicted octanol–water partition coefficient (Wildman–Crippen LogP) is 1.79.